The lowest BCUT2D eigenvalue weighted by molar-refractivity contribution is 0.0978. The number of benzene rings is 3. The summed E-state index contributed by atoms with van der Waals surface area (Å²) in [6, 6.07) is 18.9. The van der Waals surface area contributed by atoms with Crippen LogP contribution in [0.5, 0.6) is 0 Å². The highest BCUT2D eigenvalue weighted by atomic mass is 16.2. The molecule has 0 radical (unpaired) electrons. The second-order valence-electron chi connectivity index (χ2n) is 6.26. The van der Waals surface area contributed by atoms with Gasteiger partial charge in [-0.05, 0) is 25.1 Å². The van der Waals surface area contributed by atoms with E-state index in [9.17, 15) is 14.4 Å². The van der Waals surface area contributed by atoms with E-state index in [1.54, 1.807) is 60.7 Å². The van der Waals surface area contributed by atoms with Crippen LogP contribution in [-0.4, -0.2) is 17.5 Å². The number of ketones is 2. The van der Waals surface area contributed by atoms with Gasteiger partial charge in [0.1, 0.15) is 0 Å². The molecule has 3 aromatic carbocycles. The fourth-order valence-corrected chi connectivity index (χ4v) is 3.23. The van der Waals surface area contributed by atoms with Crippen molar-refractivity contribution in [3.63, 3.8) is 0 Å². The second-order valence-corrected chi connectivity index (χ2v) is 6.26. The van der Waals surface area contributed by atoms with Gasteiger partial charge in [0.15, 0.2) is 11.6 Å². The summed E-state index contributed by atoms with van der Waals surface area (Å²) in [7, 11) is 0. The number of aryl methyl sites for hydroxylation is 1. The lowest BCUT2D eigenvalue weighted by Crippen LogP contribution is -2.23. The smallest absolute Gasteiger partial charge is 0.255 e. The van der Waals surface area contributed by atoms with Crippen LogP contribution in [0.1, 0.15) is 47.8 Å². The van der Waals surface area contributed by atoms with Gasteiger partial charge in [-0.15, -0.1) is 0 Å². The highest BCUT2D eigenvalue weighted by Crippen LogP contribution is 2.32. The van der Waals surface area contributed by atoms with E-state index in [1.807, 2.05) is 13.0 Å². The maximum absolute atomic E-state index is 12.9. The van der Waals surface area contributed by atoms with Crippen molar-refractivity contribution in [2.24, 2.45) is 0 Å². The maximum atomic E-state index is 12.9. The number of rotatable bonds is 2. The highest BCUT2D eigenvalue weighted by Gasteiger charge is 2.31. The Kier molecular flexibility index (Phi) is 3.73. The topological polar surface area (TPSA) is 63.2 Å². The van der Waals surface area contributed by atoms with Crippen LogP contribution in [0.4, 0.5) is 5.69 Å². The first-order valence-electron chi connectivity index (χ1n) is 8.26. The molecule has 0 spiro atoms. The van der Waals surface area contributed by atoms with E-state index in [1.165, 1.54) is 0 Å². The predicted octanol–water partition coefficient (Wildman–Crippen LogP) is 4.02. The van der Waals surface area contributed by atoms with Gasteiger partial charge in [0.2, 0.25) is 0 Å². The summed E-state index contributed by atoms with van der Waals surface area (Å²) in [5, 5.41) is 2.78. The Morgan fingerprint density at radius 3 is 2.15 bits per heavy atom. The van der Waals surface area contributed by atoms with Crippen molar-refractivity contribution in [3.05, 3.63) is 100 Å². The summed E-state index contributed by atoms with van der Waals surface area (Å²) >= 11 is 0. The Morgan fingerprint density at radius 2 is 1.42 bits per heavy atom. The summed E-state index contributed by atoms with van der Waals surface area (Å²) < 4.78 is 0. The van der Waals surface area contributed by atoms with Crippen LogP contribution in [0.25, 0.3) is 0 Å². The van der Waals surface area contributed by atoms with E-state index in [2.05, 4.69) is 5.32 Å². The number of hydrogen-bond acceptors (Lipinski definition) is 3. The summed E-state index contributed by atoms with van der Waals surface area (Å²) in [6.07, 6.45) is 0. The SMILES string of the molecule is Cc1cccc(C(=O)Nc2cccc3c2C(=O)c2ccccc2C3=O)c1. The normalized spacial score (nSPS) is 12.3. The molecule has 1 amide bonds. The molecule has 4 rings (SSSR count). The number of carbonyl (C=O) groups excluding carboxylic acids is 3. The van der Waals surface area contributed by atoms with Crippen LogP contribution >= 0.6 is 0 Å². The number of nitrogens with one attached hydrogen (secondary N) is 1. The Balaban J connectivity index is 1.78. The molecule has 0 aromatic heterocycles. The molecule has 0 aliphatic heterocycles. The van der Waals surface area contributed by atoms with E-state index in [-0.39, 0.29) is 23.0 Å². The second kappa shape index (κ2) is 6.08. The molecule has 1 aliphatic carbocycles. The van der Waals surface area contributed by atoms with Crippen LogP contribution in [-0.2, 0) is 0 Å². The first-order valence-corrected chi connectivity index (χ1v) is 8.26. The van der Waals surface area contributed by atoms with E-state index in [0.29, 0.717) is 27.9 Å². The zero-order valence-corrected chi connectivity index (χ0v) is 14.1. The van der Waals surface area contributed by atoms with Crippen molar-refractivity contribution >= 4 is 23.2 Å². The molecule has 0 saturated heterocycles. The minimum atomic E-state index is -0.318. The van der Waals surface area contributed by atoms with Crippen LogP contribution in [0.2, 0.25) is 0 Å². The van der Waals surface area contributed by atoms with E-state index < -0.39 is 0 Å². The number of carbonyl (C=O) groups is 3. The lowest BCUT2D eigenvalue weighted by Gasteiger charge is -2.20. The molecule has 1 N–H and O–H groups in total. The maximum Gasteiger partial charge on any atom is 0.255 e. The fraction of sp³-hybridized carbons (Fsp3) is 0.0455. The average Bonchev–Trinajstić information content (AvgIpc) is 2.66. The molecule has 1 aliphatic rings. The Labute approximate surface area is 150 Å². The molecule has 126 valence electrons. The number of anilines is 1. The van der Waals surface area contributed by atoms with Gasteiger partial charge < -0.3 is 5.32 Å². The largest absolute Gasteiger partial charge is 0.321 e. The fourth-order valence-electron chi connectivity index (χ4n) is 3.23. The third kappa shape index (κ3) is 2.52. The molecule has 26 heavy (non-hydrogen) atoms. The first kappa shape index (κ1) is 16.0. The highest BCUT2D eigenvalue weighted by molar-refractivity contribution is 6.30. The minimum Gasteiger partial charge on any atom is -0.321 e. The summed E-state index contributed by atoms with van der Waals surface area (Å²) in [5.41, 5.74) is 3.13. The van der Waals surface area contributed by atoms with Crippen LogP contribution in [0, 0.1) is 6.92 Å². The Hall–Kier alpha value is -3.53. The Bertz CT molecular complexity index is 1080. The van der Waals surface area contributed by atoms with Crippen LogP contribution in [0.3, 0.4) is 0 Å². The standard InChI is InChI=1S/C22H15NO3/c1-13-6-4-7-14(12-13)22(26)23-18-11-5-10-17-19(18)21(25)16-9-3-2-8-15(16)20(17)24/h2-12H,1H3,(H,23,26). The molecule has 0 saturated carbocycles. The monoisotopic (exact) mass is 341 g/mol. The van der Waals surface area contributed by atoms with E-state index in [0.717, 1.165) is 5.56 Å². The molecule has 0 heterocycles. The molecule has 0 bridgehead atoms. The van der Waals surface area contributed by atoms with Gasteiger partial charge in [0, 0.05) is 22.3 Å². The van der Waals surface area contributed by atoms with E-state index in [4.69, 9.17) is 0 Å². The van der Waals surface area contributed by atoms with Crippen molar-refractivity contribution in [1.82, 2.24) is 0 Å². The molecule has 4 heteroatoms. The van der Waals surface area contributed by atoms with Gasteiger partial charge in [0.05, 0.1) is 11.3 Å². The molecule has 4 nitrogen and oxygen atoms in total. The number of fused-ring (bicyclic) bond motifs is 2. The van der Waals surface area contributed by atoms with Gasteiger partial charge in [-0.2, -0.15) is 0 Å². The molecule has 0 unspecified atom stereocenters. The van der Waals surface area contributed by atoms with Crippen LogP contribution < -0.4 is 5.32 Å². The average molecular weight is 341 g/mol. The number of amides is 1. The zero-order chi connectivity index (χ0) is 18.3. The first-order chi connectivity index (χ1) is 12.6. The van der Waals surface area contributed by atoms with Crippen molar-refractivity contribution in [2.45, 2.75) is 6.92 Å². The summed E-state index contributed by atoms with van der Waals surface area (Å²) in [4.78, 5) is 38.3. The van der Waals surface area contributed by atoms with Crippen molar-refractivity contribution in [3.8, 4) is 0 Å². The molecular formula is C22H15NO3. The molecule has 3 aromatic rings. The van der Waals surface area contributed by atoms with Crippen molar-refractivity contribution in [1.29, 1.82) is 0 Å². The quantitative estimate of drug-likeness (QED) is 0.599. The van der Waals surface area contributed by atoms with Crippen LogP contribution in [0.15, 0.2) is 66.7 Å². The number of hydrogen-bond donors (Lipinski definition) is 1. The van der Waals surface area contributed by atoms with Gasteiger partial charge in [-0.25, -0.2) is 0 Å². The Morgan fingerprint density at radius 1 is 0.769 bits per heavy atom. The van der Waals surface area contributed by atoms with Gasteiger partial charge in [-0.3, -0.25) is 14.4 Å². The molecule has 0 atom stereocenters. The lowest BCUT2D eigenvalue weighted by atomic mass is 9.83. The zero-order valence-electron chi connectivity index (χ0n) is 14.1. The van der Waals surface area contributed by atoms with Crippen molar-refractivity contribution in [2.75, 3.05) is 5.32 Å². The third-order valence-electron chi connectivity index (χ3n) is 4.48. The summed E-state index contributed by atoms with van der Waals surface area (Å²) in [5.74, 6) is -0.779. The van der Waals surface area contributed by atoms with Gasteiger partial charge in [-0.1, -0.05) is 54.1 Å². The molecule has 0 fully saturated rings. The predicted molar refractivity (Wildman–Crippen MR) is 98.9 cm³/mol. The third-order valence-corrected chi connectivity index (χ3v) is 4.48. The van der Waals surface area contributed by atoms with Gasteiger partial charge >= 0.3 is 0 Å². The van der Waals surface area contributed by atoms with Gasteiger partial charge in [0.25, 0.3) is 5.91 Å². The minimum absolute atomic E-state index is 0.207. The van der Waals surface area contributed by atoms with E-state index >= 15 is 0 Å². The molecular weight excluding hydrogens is 326 g/mol. The summed E-state index contributed by atoms with van der Waals surface area (Å²) in [6.45, 7) is 1.90. The van der Waals surface area contributed by atoms with Crippen molar-refractivity contribution < 1.29 is 14.4 Å².